The lowest BCUT2D eigenvalue weighted by Crippen LogP contribution is -2.43. The van der Waals surface area contributed by atoms with Gasteiger partial charge in [-0.05, 0) is 87.9 Å². The zero-order valence-corrected chi connectivity index (χ0v) is 22.4. The predicted molar refractivity (Wildman–Crippen MR) is 146 cm³/mol. The highest BCUT2D eigenvalue weighted by Gasteiger charge is 2.36. The highest BCUT2D eigenvalue weighted by atomic mass is 16.5. The van der Waals surface area contributed by atoms with Crippen LogP contribution in [0.25, 0.3) is 0 Å². The van der Waals surface area contributed by atoms with Gasteiger partial charge in [-0.25, -0.2) is 0 Å². The number of fused-ring (bicyclic) bond motifs is 1. The summed E-state index contributed by atoms with van der Waals surface area (Å²) >= 11 is 0. The summed E-state index contributed by atoms with van der Waals surface area (Å²) in [4.78, 5) is 30.9. The minimum atomic E-state index is -0.589. The summed E-state index contributed by atoms with van der Waals surface area (Å²) in [6.45, 7) is 8.42. The quantitative estimate of drug-likeness (QED) is 0.570. The average molecular weight is 504 g/mol. The zero-order valence-electron chi connectivity index (χ0n) is 22.4. The lowest BCUT2D eigenvalue weighted by molar-refractivity contribution is -0.137. The highest BCUT2D eigenvalue weighted by Crippen LogP contribution is 2.40. The fourth-order valence-electron chi connectivity index (χ4n) is 6.26. The van der Waals surface area contributed by atoms with E-state index in [4.69, 9.17) is 4.74 Å². The maximum Gasteiger partial charge on any atom is 0.260 e. The van der Waals surface area contributed by atoms with E-state index in [0.29, 0.717) is 12.3 Å². The summed E-state index contributed by atoms with van der Waals surface area (Å²) < 4.78 is 6.14. The van der Waals surface area contributed by atoms with Gasteiger partial charge in [0.05, 0.1) is 6.04 Å². The van der Waals surface area contributed by atoms with Crippen molar-refractivity contribution < 1.29 is 14.3 Å². The summed E-state index contributed by atoms with van der Waals surface area (Å²) in [6, 6.07) is 14.5. The first kappa shape index (κ1) is 25.8. The van der Waals surface area contributed by atoms with E-state index in [-0.39, 0.29) is 23.8 Å². The first-order valence-electron chi connectivity index (χ1n) is 14.2. The van der Waals surface area contributed by atoms with Gasteiger partial charge in [0, 0.05) is 25.6 Å². The van der Waals surface area contributed by atoms with Crippen LogP contribution in [0.1, 0.15) is 73.7 Å². The van der Waals surface area contributed by atoms with Crippen molar-refractivity contribution in [2.75, 3.05) is 32.7 Å². The van der Waals surface area contributed by atoms with Crippen LogP contribution in [0.4, 0.5) is 0 Å². The Bertz CT molecular complexity index is 1100. The van der Waals surface area contributed by atoms with E-state index in [1.165, 1.54) is 24.0 Å². The third-order valence-electron chi connectivity index (χ3n) is 8.30. The number of carbonyl (C=O) groups is 2. The maximum atomic E-state index is 13.7. The number of rotatable bonds is 8. The summed E-state index contributed by atoms with van der Waals surface area (Å²) in [7, 11) is 0. The van der Waals surface area contributed by atoms with Crippen LogP contribution < -0.4 is 10.1 Å². The molecule has 1 N–H and O–H groups in total. The second-order valence-corrected chi connectivity index (χ2v) is 11.0. The number of hydrogen-bond acceptors (Lipinski definition) is 4. The van der Waals surface area contributed by atoms with Gasteiger partial charge in [0.1, 0.15) is 5.75 Å². The molecule has 0 spiro atoms. The number of likely N-dealkylation sites (tertiary alicyclic amines) is 1. The Hall–Kier alpha value is -2.86. The lowest BCUT2D eigenvalue weighted by Gasteiger charge is -2.39. The normalized spacial score (nSPS) is 21.0. The Labute approximate surface area is 221 Å². The first-order chi connectivity index (χ1) is 18.0. The van der Waals surface area contributed by atoms with Gasteiger partial charge in [-0.1, -0.05) is 48.7 Å². The Morgan fingerprint density at radius 3 is 2.57 bits per heavy atom. The van der Waals surface area contributed by atoms with Gasteiger partial charge in [-0.15, -0.1) is 0 Å². The minimum Gasteiger partial charge on any atom is -0.481 e. The van der Waals surface area contributed by atoms with Crippen LogP contribution in [-0.4, -0.2) is 60.4 Å². The molecule has 3 aliphatic rings. The number of aryl methyl sites for hydroxylation is 1. The largest absolute Gasteiger partial charge is 0.481 e. The van der Waals surface area contributed by atoms with E-state index in [0.717, 1.165) is 69.4 Å². The molecule has 6 nitrogen and oxygen atoms in total. The average Bonchev–Trinajstić information content (AvgIpc) is 3.62. The van der Waals surface area contributed by atoms with Crippen LogP contribution in [-0.2, 0) is 16.0 Å². The van der Waals surface area contributed by atoms with E-state index in [1.54, 1.807) is 6.92 Å². The molecule has 5 rings (SSSR count). The molecule has 0 unspecified atom stereocenters. The Morgan fingerprint density at radius 2 is 1.81 bits per heavy atom. The SMILES string of the molecule is Cc1cccc([C@@H]2c3cc(O[C@H](C)C(=O)NCCN4CCCC4)ccc3CCN2C(=O)C2CCCC2)c1. The monoisotopic (exact) mass is 503 g/mol. The Kier molecular flexibility index (Phi) is 8.14. The first-order valence-corrected chi connectivity index (χ1v) is 14.2. The van der Waals surface area contributed by atoms with Crippen molar-refractivity contribution in [3.8, 4) is 5.75 Å². The minimum absolute atomic E-state index is 0.0924. The molecule has 0 bridgehead atoms. The molecule has 37 heavy (non-hydrogen) atoms. The van der Waals surface area contributed by atoms with Crippen molar-refractivity contribution in [2.45, 2.75) is 70.9 Å². The molecule has 0 aromatic heterocycles. The van der Waals surface area contributed by atoms with Crippen LogP contribution in [0.15, 0.2) is 42.5 Å². The van der Waals surface area contributed by atoms with Gasteiger partial charge in [-0.2, -0.15) is 0 Å². The molecule has 0 radical (unpaired) electrons. The molecule has 198 valence electrons. The van der Waals surface area contributed by atoms with Gasteiger partial charge in [0.2, 0.25) is 5.91 Å². The fourth-order valence-corrected chi connectivity index (χ4v) is 6.26. The molecule has 1 saturated heterocycles. The standard InChI is InChI=1S/C31H41N3O3/c1-22-8-7-11-26(20-22)29-28-21-27(37-23(2)30(35)32-15-19-33-16-5-6-17-33)13-12-24(28)14-18-34(29)31(36)25-9-3-4-10-25/h7-8,11-13,20-21,23,25,29H,3-6,9-10,14-19H2,1-2H3,(H,32,35)/t23-,29-/m1/s1. The number of carbonyl (C=O) groups excluding carboxylic acids is 2. The van der Waals surface area contributed by atoms with Gasteiger partial charge < -0.3 is 19.9 Å². The molecular formula is C31H41N3O3. The molecule has 2 aromatic carbocycles. The lowest BCUT2D eigenvalue weighted by atomic mass is 9.86. The number of nitrogens with zero attached hydrogens (tertiary/aromatic N) is 2. The molecule has 2 aromatic rings. The second-order valence-electron chi connectivity index (χ2n) is 11.0. The van der Waals surface area contributed by atoms with Crippen molar-refractivity contribution in [1.82, 2.24) is 15.1 Å². The summed E-state index contributed by atoms with van der Waals surface area (Å²) in [6.07, 6.45) is 7.03. The molecule has 2 heterocycles. The molecule has 2 fully saturated rings. The van der Waals surface area contributed by atoms with Gasteiger partial charge in [0.15, 0.2) is 6.10 Å². The van der Waals surface area contributed by atoms with E-state index in [2.05, 4.69) is 58.4 Å². The van der Waals surface area contributed by atoms with E-state index in [1.807, 2.05) is 6.07 Å². The molecule has 1 aliphatic carbocycles. The maximum absolute atomic E-state index is 13.7. The van der Waals surface area contributed by atoms with E-state index in [9.17, 15) is 9.59 Å². The molecule has 2 amide bonds. The fraction of sp³-hybridized carbons (Fsp3) is 0.548. The highest BCUT2D eigenvalue weighted by molar-refractivity contribution is 5.81. The van der Waals surface area contributed by atoms with Crippen LogP contribution in [0, 0.1) is 12.8 Å². The van der Waals surface area contributed by atoms with Crippen molar-refractivity contribution in [3.63, 3.8) is 0 Å². The van der Waals surface area contributed by atoms with Gasteiger partial charge in [0.25, 0.3) is 5.91 Å². The number of hydrogen-bond donors (Lipinski definition) is 1. The van der Waals surface area contributed by atoms with Crippen LogP contribution >= 0.6 is 0 Å². The molecule has 6 heteroatoms. The topological polar surface area (TPSA) is 61.9 Å². The van der Waals surface area contributed by atoms with Crippen LogP contribution in [0.5, 0.6) is 5.75 Å². The van der Waals surface area contributed by atoms with E-state index >= 15 is 0 Å². The van der Waals surface area contributed by atoms with Crippen molar-refractivity contribution in [3.05, 3.63) is 64.7 Å². The smallest absolute Gasteiger partial charge is 0.260 e. The zero-order chi connectivity index (χ0) is 25.8. The van der Waals surface area contributed by atoms with Gasteiger partial charge >= 0.3 is 0 Å². The van der Waals surface area contributed by atoms with E-state index < -0.39 is 6.10 Å². The Morgan fingerprint density at radius 1 is 1.03 bits per heavy atom. The molecule has 1 saturated carbocycles. The number of ether oxygens (including phenoxy) is 1. The summed E-state index contributed by atoms with van der Waals surface area (Å²) in [5.74, 6) is 1.00. The number of nitrogens with one attached hydrogen (secondary N) is 1. The Balaban J connectivity index is 1.34. The second kappa shape index (κ2) is 11.7. The third kappa shape index (κ3) is 6.01. The van der Waals surface area contributed by atoms with Crippen molar-refractivity contribution in [2.24, 2.45) is 5.92 Å². The third-order valence-corrected chi connectivity index (χ3v) is 8.30. The van der Waals surface area contributed by atoms with Crippen LogP contribution in [0.3, 0.4) is 0 Å². The molecule has 2 aliphatic heterocycles. The van der Waals surface area contributed by atoms with Crippen LogP contribution in [0.2, 0.25) is 0 Å². The van der Waals surface area contributed by atoms with Crippen molar-refractivity contribution >= 4 is 11.8 Å². The summed E-state index contributed by atoms with van der Waals surface area (Å²) in [5, 5.41) is 3.03. The number of benzene rings is 2. The molecular weight excluding hydrogens is 462 g/mol. The van der Waals surface area contributed by atoms with Crippen molar-refractivity contribution in [1.29, 1.82) is 0 Å². The van der Waals surface area contributed by atoms with Gasteiger partial charge in [-0.3, -0.25) is 9.59 Å². The molecule has 2 atom stereocenters. The number of amides is 2. The summed E-state index contributed by atoms with van der Waals surface area (Å²) in [5.41, 5.74) is 4.68. The predicted octanol–water partition coefficient (Wildman–Crippen LogP) is 4.64.